The molecular weight excluding hydrogens is 422 g/mol. The lowest BCUT2D eigenvalue weighted by Crippen LogP contribution is -2.34. The van der Waals surface area contributed by atoms with Crippen LogP contribution in [0, 0.1) is 0 Å². The van der Waals surface area contributed by atoms with Gasteiger partial charge in [-0.05, 0) is 30.3 Å². The molecule has 1 N–H and O–H groups in total. The van der Waals surface area contributed by atoms with Gasteiger partial charge in [-0.1, -0.05) is 23.4 Å². The topological polar surface area (TPSA) is 102 Å². The van der Waals surface area contributed by atoms with Gasteiger partial charge in [-0.15, -0.1) is 0 Å². The molecule has 0 aliphatic carbocycles. The summed E-state index contributed by atoms with van der Waals surface area (Å²) in [4.78, 5) is 14.7. The molecule has 2 aliphatic heterocycles. The van der Waals surface area contributed by atoms with E-state index in [9.17, 15) is 0 Å². The lowest BCUT2D eigenvalue weighted by molar-refractivity contribution is 0.120. The molecule has 9 heteroatoms. The average Bonchev–Trinajstić information content (AvgIpc) is 3.63. The maximum Gasteiger partial charge on any atom is 0.244 e. The predicted octanol–water partition coefficient (Wildman–Crippen LogP) is 4.23. The van der Waals surface area contributed by atoms with Crippen molar-refractivity contribution in [3.8, 4) is 22.9 Å². The maximum atomic E-state index is 6.08. The summed E-state index contributed by atoms with van der Waals surface area (Å²) in [5, 5.41) is 5.34. The van der Waals surface area contributed by atoms with Crippen molar-refractivity contribution >= 4 is 11.0 Å². The van der Waals surface area contributed by atoms with Crippen LogP contribution in [0.5, 0.6) is 11.5 Å². The molecule has 3 aromatic heterocycles. The van der Waals surface area contributed by atoms with Gasteiger partial charge in [0.25, 0.3) is 0 Å². The molecule has 5 aromatic rings. The Hall–Kier alpha value is -4.11. The van der Waals surface area contributed by atoms with Crippen LogP contribution in [-0.2, 0) is 19.5 Å². The van der Waals surface area contributed by atoms with Crippen LogP contribution in [0.3, 0.4) is 0 Å². The second kappa shape index (κ2) is 7.21. The van der Waals surface area contributed by atoms with Gasteiger partial charge in [-0.2, -0.15) is 4.98 Å². The molecule has 1 unspecified atom stereocenters. The zero-order chi connectivity index (χ0) is 21.8. The van der Waals surface area contributed by atoms with Crippen LogP contribution < -0.4 is 9.47 Å². The maximum absolute atomic E-state index is 6.08. The van der Waals surface area contributed by atoms with Crippen molar-refractivity contribution in [1.82, 2.24) is 25.0 Å². The standard InChI is InChI=1S/C24H19N5O4/c1-2-4-20-14(3-1)7-16(32-20)10-29-11-18-17(25-12-26-18)9-19(29)24-27-23(28-33-24)15-5-6-21-22(8-15)31-13-30-21/h1-8,12,19H,9-11,13H2,(H,25,26). The Bertz CT molecular complexity index is 1440. The average molecular weight is 441 g/mol. The van der Waals surface area contributed by atoms with Crippen LogP contribution in [0.1, 0.15) is 29.1 Å². The quantitative estimate of drug-likeness (QED) is 0.442. The highest BCUT2D eigenvalue weighted by Gasteiger charge is 2.34. The predicted molar refractivity (Wildman–Crippen MR) is 116 cm³/mol. The zero-order valence-corrected chi connectivity index (χ0v) is 17.5. The molecule has 0 saturated heterocycles. The molecule has 5 heterocycles. The molecule has 7 rings (SSSR count). The van der Waals surface area contributed by atoms with E-state index in [1.54, 1.807) is 6.33 Å². The lowest BCUT2D eigenvalue weighted by atomic mass is 10.0. The number of nitrogens with zero attached hydrogens (tertiary/aromatic N) is 4. The molecule has 0 amide bonds. The number of hydrogen-bond acceptors (Lipinski definition) is 8. The highest BCUT2D eigenvalue weighted by Crippen LogP contribution is 2.37. The second-order valence-corrected chi connectivity index (χ2v) is 8.23. The van der Waals surface area contributed by atoms with Crippen molar-refractivity contribution in [2.24, 2.45) is 0 Å². The summed E-state index contributed by atoms with van der Waals surface area (Å²) in [5.41, 5.74) is 3.81. The minimum atomic E-state index is -0.121. The van der Waals surface area contributed by atoms with Crippen LogP contribution in [0.4, 0.5) is 0 Å². The number of furan rings is 1. The number of aromatic amines is 1. The number of nitrogens with one attached hydrogen (secondary N) is 1. The summed E-state index contributed by atoms with van der Waals surface area (Å²) >= 11 is 0. The fraction of sp³-hybridized carbons (Fsp3) is 0.208. The Labute approximate surface area is 187 Å². The molecule has 2 aliphatic rings. The van der Waals surface area contributed by atoms with Crippen LogP contribution in [0.2, 0.25) is 0 Å². The number of imidazole rings is 1. The van der Waals surface area contributed by atoms with Gasteiger partial charge in [0.2, 0.25) is 18.5 Å². The SMILES string of the molecule is c1ccc2oc(CN3Cc4[nH]cnc4CC3c3nc(-c4ccc5c(c4)OCO5)no3)cc2c1. The Kier molecular flexibility index (Phi) is 4.03. The van der Waals surface area contributed by atoms with Crippen molar-refractivity contribution in [2.75, 3.05) is 6.79 Å². The van der Waals surface area contributed by atoms with Gasteiger partial charge in [-0.3, -0.25) is 4.90 Å². The lowest BCUT2D eigenvalue weighted by Gasteiger charge is -2.31. The van der Waals surface area contributed by atoms with Crippen molar-refractivity contribution in [3.05, 3.63) is 77.9 Å². The van der Waals surface area contributed by atoms with E-state index in [-0.39, 0.29) is 12.8 Å². The van der Waals surface area contributed by atoms with Crippen molar-refractivity contribution in [1.29, 1.82) is 0 Å². The van der Waals surface area contributed by atoms with Gasteiger partial charge in [0, 0.05) is 23.9 Å². The summed E-state index contributed by atoms with van der Waals surface area (Å²) in [6.07, 6.45) is 2.40. The van der Waals surface area contributed by atoms with Crippen LogP contribution in [0.25, 0.3) is 22.4 Å². The number of fused-ring (bicyclic) bond motifs is 3. The number of aromatic nitrogens is 4. The van der Waals surface area contributed by atoms with Crippen molar-refractivity contribution in [3.63, 3.8) is 0 Å². The van der Waals surface area contributed by atoms with Gasteiger partial charge in [0.15, 0.2) is 11.5 Å². The second-order valence-electron chi connectivity index (χ2n) is 8.23. The smallest absolute Gasteiger partial charge is 0.244 e. The monoisotopic (exact) mass is 441 g/mol. The summed E-state index contributed by atoms with van der Waals surface area (Å²) < 4.78 is 22.7. The van der Waals surface area contributed by atoms with E-state index >= 15 is 0 Å². The first-order chi connectivity index (χ1) is 16.3. The van der Waals surface area contributed by atoms with Gasteiger partial charge in [-0.25, -0.2) is 4.98 Å². The molecule has 33 heavy (non-hydrogen) atoms. The van der Waals surface area contributed by atoms with E-state index in [1.165, 1.54) is 0 Å². The molecule has 0 bridgehead atoms. The molecule has 0 radical (unpaired) electrons. The van der Waals surface area contributed by atoms with E-state index in [0.29, 0.717) is 37.0 Å². The molecule has 0 saturated carbocycles. The van der Waals surface area contributed by atoms with E-state index in [0.717, 1.165) is 39.4 Å². The number of rotatable bonds is 4. The minimum absolute atomic E-state index is 0.121. The third-order valence-electron chi connectivity index (χ3n) is 6.19. The van der Waals surface area contributed by atoms with Crippen LogP contribution in [0.15, 0.2) is 63.8 Å². The van der Waals surface area contributed by atoms with E-state index < -0.39 is 0 Å². The molecule has 0 spiro atoms. The van der Waals surface area contributed by atoms with Gasteiger partial charge >= 0.3 is 0 Å². The number of H-pyrrole nitrogens is 1. The Morgan fingerprint density at radius 1 is 1.06 bits per heavy atom. The molecule has 0 fully saturated rings. The van der Waals surface area contributed by atoms with Gasteiger partial charge in [0.1, 0.15) is 11.3 Å². The molecule has 164 valence electrons. The van der Waals surface area contributed by atoms with Crippen LogP contribution in [-0.4, -0.2) is 31.8 Å². The summed E-state index contributed by atoms with van der Waals surface area (Å²) in [5.74, 6) is 3.36. The molecule has 9 nitrogen and oxygen atoms in total. The number of benzene rings is 2. The van der Waals surface area contributed by atoms with Crippen molar-refractivity contribution in [2.45, 2.75) is 25.6 Å². The third-order valence-corrected chi connectivity index (χ3v) is 6.19. The fourth-order valence-electron chi connectivity index (χ4n) is 4.54. The fourth-order valence-corrected chi connectivity index (χ4v) is 4.54. The number of ether oxygens (including phenoxy) is 2. The third kappa shape index (κ3) is 3.16. The highest BCUT2D eigenvalue weighted by atomic mass is 16.7. The first kappa shape index (κ1) is 18.5. The normalized spacial score (nSPS) is 17.5. The number of para-hydroxylation sites is 1. The summed E-state index contributed by atoms with van der Waals surface area (Å²) in [6, 6.07) is 15.6. The molecular formula is C24H19N5O4. The zero-order valence-electron chi connectivity index (χ0n) is 17.5. The Balaban J connectivity index is 1.22. The Morgan fingerprint density at radius 2 is 2.00 bits per heavy atom. The van der Waals surface area contributed by atoms with E-state index in [1.807, 2.05) is 36.4 Å². The van der Waals surface area contributed by atoms with Gasteiger partial charge in [0.05, 0.1) is 30.3 Å². The van der Waals surface area contributed by atoms with Crippen LogP contribution >= 0.6 is 0 Å². The van der Waals surface area contributed by atoms with E-state index in [2.05, 4.69) is 32.2 Å². The molecule has 2 aromatic carbocycles. The minimum Gasteiger partial charge on any atom is -0.460 e. The highest BCUT2D eigenvalue weighted by molar-refractivity contribution is 5.77. The Morgan fingerprint density at radius 3 is 2.97 bits per heavy atom. The summed E-state index contributed by atoms with van der Waals surface area (Å²) in [6.45, 7) is 1.51. The first-order valence-electron chi connectivity index (χ1n) is 10.8. The first-order valence-corrected chi connectivity index (χ1v) is 10.8. The number of hydrogen-bond donors (Lipinski definition) is 1. The van der Waals surface area contributed by atoms with Crippen molar-refractivity contribution < 1.29 is 18.4 Å². The largest absolute Gasteiger partial charge is 0.460 e. The molecule has 1 atom stereocenters. The summed E-state index contributed by atoms with van der Waals surface area (Å²) in [7, 11) is 0. The van der Waals surface area contributed by atoms with E-state index in [4.69, 9.17) is 23.4 Å². The van der Waals surface area contributed by atoms with Gasteiger partial charge < -0.3 is 23.4 Å².